The van der Waals surface area contributed by atoms with Crippen molar-refractivity contribution in [2.75, 3.05) is 16.8 Å². The third-order valence-corrected chi connectivity index (χ3v) is 4.64. The average molecular weight is 336 g/mol. The first-order chi connectivity index (χ1) is 12.1. The number of nitrogens with zero attached hydrogens (tertiary/aromatic N) is 5. The number of rotatable bonds is 4. The lowest BCUT2D eigenvalue weighted by molar-refractivity contribution is -0.117. The number of hydrogen-bond acceptors (Lipinski definition) is 5. The molecule has 0 saturated carbocycles. The fourth-order valence-corrected chi connectivity index (χ4v) is 3.25. The molecule has 4 rings (SSSR count). The summed E-state index contributed by atoms with van der Waals surface area (Å²) in [6.07, 6.45) is 4.87. The molecule has 1 aliphatic rings. The van der Waals surface area contributed by atoms with E-state index in [1.165, 1.54) is 0 Å². The Morgan fingerprint density at radius 3 is 2.96 bits per heavy atom. The Hall–Kier alpha value is -2.96. The smallest absolute Gasteiger partial charge is 0.227 e. The molecule has 1 aliphatic heterocycles. The minimum absolute atomic E-state index is 0.0379. The third kappa shape index (κ3) is 2.82. The molecule has 7 nitrogen and oxygen atoms in total. The molecule has 1 unspecified atom stereocenters. The minimum Gasteiger partial charge on any atom is -0.363 e. The van der Waals surface area contributed by atoms with E-state index in [1.807, 2.05) is 24.1 Å². The number of anilines is 2. The second-order valence-electron chi connectivity index (χ2n) is 6.34. The molecule has 0 radical (unpaired) electrons. The van der Waals surface area contributed by atoms with Crippen LogP contribution in [-0.2, 0) is 11.8 Å². The maximum Gasteiger partial charge on any atom is 0.227 e. The first kappa shape index (κ1) is 15.6. The number of amides is 1. The summed E-state index contributed by atoms with van der Waals surface area (Å²) in [6, 6.07) is 8.15. The molecule has 128 valence electrons. The van der Waals surface area contributed by atoms with Gasteiger partial charge in [0.05, 0.1) is 17.6 Å². The minimum atomic E-state index is 0.0379. The number of aryl methyl sites for hydroxylation is 1. The summed E-state index contributed by atoms with van der Waals surface area (Å²) in [5.74, 6) is 0.957. The zero-order chi connectivity index (χ0) is 17.4. The number of benzene rings is 1. The predicted octanol–water partition coefficient (Wildman–Crippen LogP) is 2.66. The summed E-state index contributed by atoms with van der Waals surface area (Å²) < 4.78 is 1.73. The Labute approximate surface area is 145 Å². The zero-order valence-electron chi connectivity index (χ0n) is 14.3. The first-order valence-corrected chi connectivity index (χ1v) is 8.43. The van der Waals surface area contributed by atoms with Gasteiger partial charge in [0.25, 0.3) is 0 Å². The van der Waals surface area contributed by atoms with Gasteiger partial charge < -0.3 is 10.2 Å². The highest BCUT2D eigenvalue weighted by molar-refractivity contribution is 5.95. The van der Waals surface area contributed by atoms with E-state index in [2.05, 4.69) is 39.4 Å². The SMILES string of the molecule is CC(Nc1ncnc2c1cnn2C)c1cccc(N2CCCC2=O)c1. The molecule has 0 aliphatic carbocycles. The number of fused-ring (bicyclic) bond motifs is 1. The lowest BCUT2D eigenvalue weighted by Crippen LogP contribution is -2.23. The van der Waals surface area contributed by atoms with E-state index < -0.39 is 0 Å². The van der Waals surface area contributed by atoms with Gasteiger partial charge in [-0.2, -0.15) is 5.10 Å². The molecule has 1 amide bonds. The standard InChI is InChI=1S/C18H20N6O/c1-12(22-17-15-10-21-23(2)18(15)20-11-19-17)13-5-3-6-14(9-13)24-8-4-7-16(24)25/h3,5-6,9-12H,4,7-8H2,1-2H3,(H,19,20,22). The van der Waals surface area contributed by atoms with E-state index >= 15 is 0 Å². The van der Waals surface area contributed by atoms with Crippen LogP contribution >= 0.6 is 0 Å². The van der Waals surface area contributed by atoms with E-state index in [0.29, 0.717) is 6.42 Å². The number of aromatic nitrogens is 4. The van der Waals surface area contributed by atoms with Crippen molar-refractivity contribution >= 4 is 28.4 Å². The topological polar surface area (TPSA) is 75.9 Å². The fraction of sp³-hybridized carbons (Fsp3) is 0.333. The van der Waals surface area contributed by atoms with E-state index in [9.17, 15) is 4.79 Å². The molecule has 1 atom stereocenters. The van der Waals surface area contributed by atoms with Gasteiger partial charge in [0.1, 0.15) is 12.1 Å². The summed E-state index contributed by atoms with van der Waals surface area (Å²) >= 11 is 0. The number of carbonyl (C=O) groups excluding carboxylic acids is 1. The Morgan fingerprint density at radius 2 is 2.16 bits per heavy atom. The van der Waals surface area contributed by atoms with Gasteiger partial charge in [-0.1, -0.05) is 12.1 Å². The monoisotopic (exact) mass is 336 g/mol. The average Bonchev–Trinajstić information content (AvgIpc) is 3.22. The summed E-state index contributed by atoms with van der Waals surface area (Å²) in [5, 5.41) is 8.57. The van der Waals surface area contributed by atoms with Crippen LogP contribution in [0.15, 0.2) is 36.8 Å². The van der Waals surface area contributed by atoms with Gasteiger partial charge in [0, 0.05) is 25.7 Å². The predicted molar refractivity (Wildman–Crippen MR) is 96.4 cm³/mol. The third-order valence-electron chi connectivity index (χ3n) is 4.64. The summed E-state index contributed by atoms with van der Waals surface area (Å²) in [7, 11) is 1.86. The second kappa shape index (κ2) is 6.16. The number of carbonyl (C=O) groups is 1. The molecule has 0 spiro atoms. The molecular weight excluding hydrogens is 316 g/mol. The quantitative estimate of drug-likeness (QED) is 0.793. The van der Waals surface area contributed by atoms with Crippen LogP contribution in [0.2, 0.25) is 0 Å². The van der Waals surface area contributed by atoms with Crippen molar-refractivity contribution in [2.24, 2.45) is 7.05 Å². The highest BCUT2D eigenvalue weighted by atomic mass is 16.2. The Balaban J connectivity index is 1.60. The summed E-state index contributed by atoms with van der Waals surface area (Å²) in [5.41, 5.74) is 2.86. The molecule has 1 aromatic carbocycles. The van der Waals surface area contributed by atoms with Crippen LogP contribution in [0.25, 0.3) is 11.0 Å². The maximum atomic E-state index is 12.0. The van der Waals surface area contributed by atoms with Gasteiger partial charge >= 0.3 is 0 Å². The summed E-state index contributed by atoms with van der Waals surface area (Å²) in [6.45, 7) is 2.88. The first-order valence-electron chi connectivity index (χ1n) is 8.43. The molecular formula is C18H20N6O. The molecule has 0 bridgehead atoms. The molecule has 3 heterocycles. The lowest BCUT2D eigenvalue weighted by Gasteiger charge is -2.20. The van der Waals surface area contributed by atoms with Crippen LogP contribution in [0.5, 0.6) is 0 Å². The van der Waals surface area contributed by atoms with Gasteiger partial charge in [-0.05, 0) is 31.0 Å². The molecule has 1 N–H and O–H groups in total. The zero-order valence-corrected chi connectivity index (χ0v) is 14.3. The molecule has 2 aromatic heterocycles. The second-order valence-corrected chi connectivity index (χ2v) is 6.34. The number of nitrogens with one attached hydrogen (secondary N) is 1. The van der Waals surface area contributed by atoms with Crippen LogP contribution in [0.3, 0.4) is 0 Å². The van der Waals surface area contributed by atoms with Gasteiger partial charge in [-0.15, -0.1) is 0 Å². The Bertz CT molecular complexity index is 934. The number of hydrogen-bond donors (Lipinski definition) is 1. The molecule has 3 aromatic rings. The highest BCUT2D eigenvalue weighted by Gasteiger charge is 2.22. The van der Waals surface area contributed by atoms with Crippen LogP contribution < -0.4 is 10.2 Å². The largest absolute Gasteiger partial charge is 0.363 e. The van der Waals surface area contributed by atoms with Crippen molar-refractivity contribution in [2.45, 2.75) is 25.8 Å². The van der Waals surface area contributed by atoms with E-state index in [4.69, 9.17) is 0 Å². The van der Waals surface area contributed by atoms with Gasteiger partial charge in [0.15, 0.2) is 5.65 Å². The Kier molecular flexibility index (Phi) is 3.83. The lowest BCUT2D eigenvalue weighted by atomic mass is 10.1. The molecule has 7 heteroatoms. The van der Waals surface area contributed by atoms with Gasteiger partial charge in [0.2, 0.25) is 5.91 Å². The van der Waals surface area contributed by atoms with Crippen molar-refractivity contribution in [3.63, 3.8) is 0 Å². The van der Waals surface area contributed by atoms with E-state index in [0.717, 1.165) is 41.1 Å². The van der Waals surface area contributed by atoms with E-state index in [1.54, 1.807) is 17.2 Å². The van der Waals surface area contributed by atoms with Crippen molar-refractivity contribution in [3.8, 4) is 0 Å². The highest BCUT2D eigenvalue weighted by Crippen LogP contribution is 2.27. The molecule has 1 saturated heterocycles. The van der Waals surface area contributed by atoms with Crippen LogP contribution in [0.1, 0.15) is 31.4 Å². The molecule has 1 fully saturated rings. The van der Waals surface area contributed by atoms with Crippen molar-refractivity contribution < 1.29 is 4.79 Å². The molecule has 25 heavy (non-hydrogen) atoms. The fourth-order valence-electron chi connectivity index (χ4n) is 3.25. The van der Waals surface area contributed by atoms with Crippen LogP contribution in [-0.4, -0.2) is 32.2 Å². The summed E-state index contributed by atoms with van der Waals surface area (Å²) in [4.78, 5) is 22.5. The van der Waals surface area contributed by atoms with Gasteiger partial charge in [-0.3, -0.25) is 9.48 Å². The maximum absolute atomic E-state index is 12.0. The normalized spacial score (nSPS) is 15.8. The van der Waals surface area contributed by atoms with E-state index in [-0.39, 0.29) is 11.9 Å². The Morgan fingerprint density at radius 1 is 1.28 bits per heavy atom. The van der Waals surface area contributed by atoms with Crippen molar-refractivity contribution in [3.05, 3.63) is 42.4 Å². The van der Waals surface area contributed by atoms with Crippen molar-refractivity contribution in [1.29, 1.82) is 0 Å². The van der Waals surface area contributed by atoms with Gasteiger partial charge in [-0.25, -0.2) is 9.97 Å². The van der Waals surface area contributed by atoms with Crippen LogP contribution in [0.4, 0.5) is 11.5 Å². The van der Waals surface area contributed by atoms with Crippen molar-refractivity contribution in [1.82, 2.24) is 19.7 Å². The van der Waals surface area contributed by atoms with Crippen LogP contribution in [0, 0.1) is 0 Å².